The minimum atomic E-state index is -4.27. The number of rotatable bonds is 3. The summed E-state index contributed by atoms with van der Waals surface area (Å²) in [6.45, 7) is 0. The first-order valence-corrected chi connectivity index (χ1v) is 7.06. The van der Waals surface area contributed by atoms with E-state index >= 15 is 0 Å². The molecule has 0 aromatic carbocycles. The molecule has 1 rings (SSSR count). The zero-order valence-electron chi connectivity index (χ0n) is 7.62. The Balaban J connectivity index is 2.97. The van der Waals surface area contributed by atoms with Crippen molar-refractivity contribution in [3.8, 4) is 0 Å². The van der Waals surface area contributed by atoms with E-state index in [1.165, 1.54) is 6.08 Å². The van der Waals surface area contributed by atoms with Gasteiger partial charge in [0.1, 0.15) is 5.75 Å². The molecule has 0 saturated carbocycles. The molecule has 0 spiro atoms. The molecule has 0 aromatic heterocycles. The highest BCUT2D eigenvalue weighted by Crippen LogP contribution is 2.21. The molecule has 1 aliphatic rings. The van der Waals surface area contributed by atoms with E-state index in [1.807, 2.05) is 0 Å². The quantitative estimate of drug-likeness (QED) is 0.704. The van der Waals surface area contributed by atoms with Crippen molar-refractivity contribution in [2.75, 3.05) is 5.75 Å². The highest BCUT2D eigenvalue weighted by molar-refractivity contribution is 7.89. The predicted octanol–water partition coefficient (Wildman–Crippen LogP) is 0.366. The van der Waals surface area contributed by atoms with Gasteiger partial charge in [-0.3, -0.25) is 9.11 Å². The SMILES string of the molecule is O=S(=O)(O)CC1=CCCC(S(=O)(=O)O)=C1. The van der Waals surface area contributed by atoms with Gasteiger partial charge in [-0.15, -0.1) is 0 Å². The molecule has 0 heterocycles. The molecule has 0 aromatic rings. The maximum Gasteiger partial charge on any atom is 0.290 e. The van der Waals surface area contributed by atoms with Crippen LogP contribution < -0.4 is 0 Å². The van der Waals surface area contributed by atoms with Crippen LogP contribution in [-0.4, -0.2) is 31.7 Å². The van der Waals surface area contributed by atoms with Crippen molar-refractivity contribution >= 4 is 20.2 Å². The predicted molar refractivity (Wildman–Crippen MR) is 53.4 cm³/mol. The van der Waals surface area contributed by atoms with Gasteiger partial charge < -0.3 is 0 Å². The Morgan fingerprint density at radius 1 is 1.20 bits per heavy atom. The fraction of sp³-hybridized carbons (Fsp3) is 0.429. The number of allylic oxidation sites excluding steroid dienone is 3. The Bertz CT molecular complexity index is 508. The van der Waals surface area contributed by atoms with Crippen molar-refractivity contribution in [3.63, 3.8) is 0 Å². The zero-order valence-corrected chi connectivity index (χ0v) is 9.25. The van der Waals surface area contributed by atoms with Crippen LogP contribution in [0.1, 0.15) is 12.8 Å². The summed E-state index contributed by atoms with van der Waals surface area (Å²) in [7, 11) is -8.45. The molecule has 0 aliphatic heterocycles. The van der Waals surface area contributed by atoms with Gasteiger partial charge in [0.05, 0.1) is 4.91 Å². The van der Waals surface area contributed by atoms with Gasteiger partial charge in [-0.25, -0.2) is 0 Å². The minimum absolute atomic E-state index is 0.133. The van der Waals surface area contributed by atoms with E-state index in [-0.39, 0.29) is 16.9 Å². The zero-order chi connectivity index (χ0) is 11.7. The molecule has 0 fully saturated rings. The molecule has 86 valence electrons. The van der Waals surface area contributed by atoms with Crippen molar-refractivity contribution < 1.29 is 25.9 Å². The third kappa shape index (κ3) is 4.12. The van der Waals surface area contributed by atoms with Crippen LogP contribution in [0.15, 0.2) is 22.6 Å². The summed E-state index contributed by atoms with van der Waals surface area (Å²) in [6.07, 6.45) is 3.01. The topological polar surface area (TPSA) is 109 Å². The Labute approximate surface area is 87.8 Å². The summed E-state index contributed by atoms with van der Waals surface area (Å²) in [6, 6.07) is 0. The first-order chi connectivity index (χ1) is 6.68. The summed E-state index contributed by atoms with van der Waals surface area (Å²) in [4.78, 5) is -0.233. The lowest BCUT2D eigenvalue weighted by atomic mass is 10.1. The average Bonchev–Trinajstić information content (AvgIpc) is 1.99. The molecule has 0 radical (unpaired) electrons. The lowest BCUT2D eigenvalue weighted by Gasteiger charge is -2.10. The van der Waals surface area contributed by atoms with Gasteiger partial charge in [0.15, 0.2) is 0 Å². The largest absolute Gasteiger partial charge is 0.290 e. The third-order valence-corrected chi connectivity index (χ3v) is 3.51. The van der Waals surface area contributed by atoms with Crippen molar-refractivity contribution in [1.82, 2.24) is 0 Å². The lowest BCUT2D eigenvalue weighted by molar-refractivity contribution is 0.483. The van der Waals surface area contributed by atoms with E-state index in [0.29, 0.717) is 6.42 Å². The maximum absolute atomic E-state index is 10.7. The van der Waals surface area contributed by atoms with E-state index in [0.717, 1.165) is 6.08 Å². The van der Waals surface area contributed by atoms with Crippen LogP contribution in [0.3, 0.4) is 0 Å². The molecular weight excluding hydrogens is 244 g/mol. The summed E-state index contributed by atoms with van der Waals surface area (Å²) < 4.78 is 59.8. The van der Waals surface area contributed by atoms with Crippen LogP contribution in [-0.2, 0) is 20.2 Å². The Hall–Kier alpha value is -0.700. The number of hydrogen-bond acceptors (Lipinski definition) is 4. The van der Waals surface area contributed by atoms with Gasteiger partial charge in [0.25, 0.3) is 20.2 Å². The maximum atomic E-state index is 10.7. The van der Waals surface area contributed by atoms with Crippen LogP contribution >= 0.6 is 0 Å². The number of hydrogen-bond donors (Lipinski definition) is 2. The molecule has 6 nitrogen and oxygen atoms in total. The van der Waals surface area contributed by atoms with Crippen molar-refractivity contribution in [2.24, 2.45) is 0 Å². The van der Waals surface area contributed by atoms with Gasteiger partial charge in [0.2, 0.25) is 0 Å². The second-order valence-corrected chi connectivity index (χ2v) is 6.06. The first-order valence-electron chi connectivity index (χ1n) is 4.01. The van der Waals surface area contributed by atoms with E-state index < -0.39 is 26.0 Å². The fourth-order valence-corrected chi connectivity index (χ4v) is 2.55. The molecule has 0 atom stereocenters. The Morgan fingerprint density at radius 2 is 1.80 bits per heavy atom. The summed E-state index contributed by atoms with van der Waals surface area (Å²) in [5, 5.41) is 0. The highest BCUT2D eigenvalue weighted by Gasteiger charge is 2.18. The van der Waals surface area contributed by atoms with E-state index in [9.17, 15) is 16.8 Å². The second-order valence-electron chi connectivity index (χ2n) is 3.13. The Kier molecular flexibility index (Phi) is 3.34. The van der Waals surface area contributed by atoms with Crippen molar-refractivity contribution in [2.45, 2.75) is 12.8 Å². The molecule has 0 bridgehead atoms. The standard InChI is InChI=1S/C7H10O6S2/c8-14(9,10)5-6-2-1-3-7(4-6)15(11,12)13/h2,4H,1,3,5H2,(H,8,9,10)(H,11,12,13). The molecular formula is C7H10O6S2. The van der Waals surface area contributed by atoms with Crippen LogP contribution in [0.5, 0.6) is 0 Å². The summed E-state index contributed by atoms with van der Waals surface area (Å²) in [5.74, 6) is -0.647. The Morgan fingerprint density at radius 3 is 2.27 bits per heavy atom. The van der Waals surface area contributed by atoms with Gasteiger partial charge >= 0.3 is 0 Å². The normalized spacial score (nSPS) is 18.3. The minimum Gasteiger partial charge on any atom is -0.285 e. The molecule has 8 heteroatoms. The van der Waals surface area contributed by atoms with Gasteiger partial charge in [-0.2, -0.15) is 16.8 Å². The van der Waals surface area contributed by atoms with E-state index in [1.54, 1.807) is 0 Å². The van der Waals surface area contributed by atoms with Crippen LogP contribution in [0.4, 0.5) is 0 Å². The van der Waals surface area contributed by atoms with E-state index in [2.05, 4.69) is 0 Å². The monoisotopic (exact) mass is 254 g/mol. The first kappa shape index (κ1) is 12.4. The molecule has 1 aliphatic carbocycles. The smallest absolute Gasteiger partial charge is 0.285 e. The fourth-order valence-electron chi connectivity index (χ4n) is 1.25. The van der Waals surface area contributed by atoms with Crippen molar-refractivity contribution in [1.29, 1.82) is 0 Å². The molecule has 0 unspecified atom stereocenters. The van der Waals surface area contributed by atoms with Crippen LogP contribution in [0.25, 0.3) is 0 Å². The van der Waals surface area contributed by atoms with Crippen LogP contribution in [0, 0.1) is 0 Å². The molecule has 0 saturated heterocycles. The molecule has 15 heavy (non-hydrogen) atoms. The highest BCUT2D eigenvalue weighted by atomic mass is 32.2. The molecule has 2 N–H and O–H groups in total. The average molecular weight is 254 g/mol. The second kappa shape index (κ2) is 4.05. The summed E-state index contributed by atoms with van der Waals surface area (Å²) in [5.41, 5.74) is 0.163. The van der Waals surface area contributed by atoms with E-state index in [4.69, 9.17) is 9.11 Å². The molecule has 0 amide bonds. The van der Waals surface area contributed by atoms with Crippen molar-refractivity contribution in [3.05, 3.63) is 22.6 Å². The third-order valence-electron chi connectivity index (χ3n) is 1.82. The van der Waals surface area contributed by atoms with Gasteiger partial charge in [0, 0.05) is 0 Å². The van der Waals surface area contributed by atoms with Gasteiger partial charge in [-0.05, 0) is 24.5 Å². The van der Waals surface area contributed by atoms with Crippen LogP contribution in [0.2, 0.25) is 0 Å². The lowest BCUT2D eigenvalue weighted by Crippen LogP contribution is -2.10. The van der Waals surface area contributed by atoms with Gasteiger partial charge in [-0.1, -0.05) is 6.08 Å². The summed E-state index contributed by atoms with van der Waals surface area (Å²) >= 11 is 0.